The van der Waals surface area contributed by atoms with Crippen molar-refractivity contribution in [3.05, 3.63) is 52.0 Å². The quantitative estimate of drug-likeness (QED) is 0.675. The highest BCUT2D eigenvalue weighted by Crippen LogP contribution is 2.23. The van der Waals surface area contributed by atoms with Crippen molar-refractivity contribution in [2.75, 3.05) is 0 Å². The van der Waals surface area contributed by atoms with Crippen molar-refractivity contribution < 1.29 is 14.3 Å². The molecule has 2 heterocycles. The number of carboxylic acids is 1. The average molecular weight is 255 g/mol. The maximum atomic E-state index is 11.9. The Balaban J connectivity index is 2.53. The number of carboxylic acid groups (broad SMARTS) is 1. The Morgan fingerprint density at radius 1 is 1.26 bits per heavy atom. The van der Waals surface area contributed by atoms with Crippen LogP contribution >= 0.6 is 0 Å². The second-order valence-corrected chi connectivity index (χ2v) is 4.30. The summed E-state index contributed by atoms with van der Waals surface area (Å²) >= 11 is 0. The molecule has 0 unspecified atom stereocenters. The van der Waals surface area contributed by atoms with Gasteiger partial charge in [-0.3, -0.25) is 9.78 Å². The maximum absolute atomic E-state index is 11.9. The average Bonchev–Trinajstić information content (AvgIpc) is 2.37. The van der Waals surface area contributed by atoms with Gasteiger partial charge in [-0.2, -0.15) is 0 Å². The summed E-state index contributed by atoms with van der Waals surface area (Å²) in [4.78, 5) is 27.0. The molecule has 0 amide bonds. The molecule has 0 bridgehead atoms. The van der Waals surface area contributed by atoms with Crippen LogP contribution in [0.3, 0.4) is 0 Å². The van der Waals surface area contributed by atoms with Gasteiger partial charge in [-0.25, -0.2) is 4.79 Å². The number of benzene rings is 1. The minimum absolute atomic E-state index is 0.259. The van der Waals surface area contributed by atoms with Gasteiger partial charge in [0, 0.05) is 17.6 Å². The van der Waals surface area contributed by atoms with Crippen molar-refractivity contribution in [2.45, 2.75) is 6.92 Å². The number of nitrogens with zero attached hydrogens (tertiary/aromatic N) is 1. The first kappa shape index (κ1) is 11.4. The van der Waals surface area contributed by atoms with Crippen LogP contribution in [0.5, 0.6) is 0 Å². The summed E-state index contributed by atoms with van der Waals surface area (Å²) in [7, 11) is 0. The molecule has 19 heavy (non-hydrogen) atoms. The highest BCUT2D eigenvalue weighted by atomic mass is 16.4. The molecule has 1 N–H and O–H groups in total. The normalized spacial score (nSPS) is 11.0. The van der Waals surface area contributed by atoms with Gasteiger partial charge < -0.3 is 9.52 Å². The monoisotopic (exact) mass is 255 g/mol. The molecule has 0 aliphatic rings. The Labute approximate surface area is 107 Å². The van der Waals surface area contributed by atoms with E-state index in [1.54, 1.807) is 6.07 Å². The smallest absolute Gasteiger partial charge is 0.371 e. The molecule has 0 saturated carbocycles. The molecule has 0 spiro atoms. The molecule has 5 nitrogen and oxygen atoms in total. The number of carbonyl (C=O) groups is 1. The predicted molar refractivity (Wildman–Crippen MR) is 69.5 cm³/mol. The second-order valence-electron chi connectivity index (χ2n) is 4.30. The highest BCUT2D eigenvalue weighted by Gasteiger charge is 2.13. The van der Waals surface area contributed by atoms with E-state index < -0.39 is 11.4 Å². The zero-order valence-corrected chi connectivity index (χ0v) is 10.0. The molecule has 0 aliphatic carbocycles. The molecular formula is C14H9NO4. The molecular weight excluding hydrogens is 246 g/mol. The summed E-state index contributed by atoms with van der Waals surface area (Å²) in [6.07, 6.45) is 1.41. The van der Waals surface area contributed by atoms with Gasteiger partial charge in [-0.15, -0.1) is 0 Å². The number of fused-ring (bicyclic) bond motifs is 3. The summed E-state index contributed by atoms with van der Waals surface area (Å²) in [5, 5.41) is 9.84. The van der Waals surface area contributed by atoms with Crippen LogP contribution in [0.1, 0.15) is 16.1 Å². The van der Waals surface area contributed by atoms with Crippen molar-refractivity contribution >= 4 is 27.8 Å². The Bertz CT molecular complexity index is 880. The van der Waals surface area contributed by atoms with E-state index in [-0.39, 0.29) is 16.7 Å². The fourth-order valence-electron chi connectivity index (χ4n) is 2.01. The second kappa shape index (κ2) is 3.91. The van der Waals surface area contributed by atoms with Gasteiger partial charge in [0.2, 0.25) is 5.76 Å². The summed E-state index contributed by atoms with van der Waals surface area (Å²) < 4.78 is 5.32. The van der Waals surface area contributed by atoms with E-state index >= 15 is 0 Å². The van der Waals surface area contributed by atoms with Crippen LogP contribution in [0.2, 0.25) is 0 Å². The highest BCUT2D eigenvalue weighted by molar-refractivity contribution is 6.02. The van der Waals surface area contributed by atoms with E-state index in [9.17, 15) is 9.59 Å². The fourth-order valence-corrected chi connectivity index (χ4v) is 2.01. The van der Waals surface area contributed by atoms with Crippen LogP contribution in [0.25, 0.3) is 21.9 Å². The molecule has 5 heteroatoms. The van der Waals surface area contributed by atoms with E-state index in [0.717, 1.165) is 11.6 Å². The standard InChI is InChI=1S/C14H9NO4/c1-7-2-3-8-10(4-7)15-6-9-11(16)5-12(14(17)18)19-13(8)9/h2-6H,1H3,(H,17,18). The van der Waals surface area contributed by atoms with Crippen LogP contribution in [0.15, 0.2) is 39.7 Å². The van der Waals surface area contributed by atoms with E-state index in [1.165, 1.54) is 6.20 Å². The van der Waals surface area contributed by atoms with Gasteiger partial charge in [0.15, 0.2) is 5.43 Å². The topological polar surface area (TPSA) is 80.4 Å². The number of aromatic nitrogens is 1. The third-order valence-corrected chi connectivity index (χ3v) is 2.93. The summed E-state index contributed by atoms with van der Waals surface area (Å²) in [5.41, 5.74) is 1.54. The van der Waals surface area contributed by atoms with Crippen molar-refractivity contribution in [2.24, 2.45) is 0 Å². The van der Waals surface area contributed by atoms with Gasteiger partial charge in [0.1, 0.15) is 5.58 Å². The lowest BCUT2D eigenvalue weighted by atomic mass is 10.1. The third kappa shape index (κ3) is 1.76. The summed E-state index contributed by atoms with van der Waals surface area (Å²) in [6, 6.07) is 6.44. The molecule has 0 aliphatic heterocycles. The number of rotatable bonds is 1. The van der Waals surface area contributed by atoms with E-state index in [4.69, 9.17) is 9.52 Å². The fraction of sp³-hybridized carbons (Fsp3) is 0.0714. The number of aromatic carboxylic acids is 1. The van der Waals surface area contributed by atoms with Gasteiger partial charge in [-0.05, 0) is 24.6 Å². The number of aryl methyl sites for hydroxylation is 1. The van der Waals surface area contributed by atoms with Gasteiger partial charge in [-0.1, -0.05) is 6.07 Å². The number of pyridine rings is 1. The SMILES string of the molecule is Cc1ccc2c(c1)ncc1c(=O)cc(C(=O)O)oc12. The molecule has 94 valence electrons. The van der Waals surface area contributed by atoms with Crippen LogP contribution in [0.4, 0.5) is 0 Å². The first-order valence-corrected chi connectivity index (χ1v) is 5.63. The zero-order chi connectivity index (χ0) is 13.6. The molecule has 3 aromatic rings. The molecule has 3 rings (SSSR count). The number of hydrogen-bond acceptors (Lipinski definition) is 4. The Morgan fingerprint density at radius 3 is 2.79 bits per heavy atom. The molecule has 0 atom stereocenters. The lowest BCUT2D eigenvalue weighted by Gasteiger charge is -2.03. The molecule has 2 aromatic heterocycles. The van der Waals surface area contributed by atoms with Crippen LogP contribution in [-0.4, -0.2) is 16.1 Å². The summed E-state index contributed by atoms with van der Waals surface area (Å²) in [6.45, 7) is 1.93. The van der Waals surface area contributed by atoms with Crippen molar-refractivity contribution in [3.63, 3.8) is 0 Å². The van der Waals surface area contributed by atoms with Gasteiger partial charge in [0.05, 0.1) is 10.9 Å². The van der Waals surface area contributed by atoms with Crippen molar-refractivity contribution in [1.29, 1.82) is 0 Å². The van der Waals surface area contributed by atoms with Crippen LogP contribution < -0.4 is 5.43 Å². The summed E-state index contributed by atoms with van der Waals surface area (Å²) in [5.74, 6) is -1.64. The first-order chi connectivity index (χ1) is 9.06. The Hall–Kier alpha value is -2.69. The van der Waals surface area contributed by atoms with Gasteiger partial charge >= 0.3 is 5.97 Å². The molecule has 0 radical (unpaired) electrons. The number of hydrogen-bond donors (Lipinski definition) is 1. The van der Waals surface area contributed by atoms with Crippen LogP contribution in [-0.2, 0) is 0 Å². The van der Waals surface area contributed by atoms with Crippen molar-refractivity contribution in [3.8, 4) is 0 Å². The van der Waals surface area contributed by atoms with E-state index in [2.05, 4.69) is 4.98 Å². The zero-order valence-electron chi connectivity index (χ0n) is 10.0. The lowest BCUT2D eigenvalue weighted by Crippen LogP contribution is -2.06. The van der Waals surface area contributed by atoms with E-state index in [1.807, 2.05) is 19.1 Å². The lowest BCUT2D eigenvalue weighted by molar-refractivity contribution is 0.0663. The molecule has 0 saturated heterocycles. The molecule has 0 fully saturated rings. The van der Waals surface area contributed by atoms with Gasteiger partial charge in [0.25, 0.3) is 0 Å². The molecule has 1 aromatic carbocycles. The van der Waals surface area contributed by atoms with E-state index in [0.29, 0.717) is 10.9 Å². The largest absolute Gasteiger partial charge is 0.475 e. The van der Waals surface area contributed by atoms with Crippen LogP contribution in [0, 0.1) is 6.92 Å². The maximum Gasteiger partial charge on any atom is 0.371 e. The third-order valence-electron chi connectivity index (χ3n) is 2.93. The minimum Gasteiger partial charge on any atom is -0.475 e. The Morgan fingerprint density at radius 2 is 2.05 bits per heavy atom. The Kier molecular flexibility index (Phi) is 2.35. The predicted octanol–water partition coefficient (Wildman–Crippen LogP) is 2.35. The minimum atomic E-state index is -1.27. The van der Waals surface area contributed by atoms with Crippen molar-refractivity contribution in [1.82, 2.24) is 4.98 Å². The first-order valence-electron chi connectivity index (χ1n) is 5.63.